The summed E-state index contributed by atoms with van der Waals surface area (Å²) in [6.07, 6.45) is 3.69. The minimum atomic E-state index is -1.08. The Morgan fingerprint density at radius 2 is 1.81 bits per heavy atom. The highest BCUT2D eigenvalue weighted by atomic mass is 32.1. The SMILES string of the molecule is Cc1nc(N2C(=O)NC(=O)C3(CCCCC3)C2=O)sc1C. The quantitative estimate of drug-likeness (QED) is 0.807. The number of nitrogens with one attached hydrogen (secondary N) is 1. The van der Waals surface area contributed by atoms with Crippen LogP contribution < -0.4 is 10.2 Å². The highest BCUT2D eigenvalue weighted by Gasteiger charge is 2.54. The number of aromatic nitrogens is 1. The Hall–Kier alpha value is -1.76. The number of rotatable bonds is 1. The Bertz CT molecular complexity index is 612. The summed E-state index contributed by atoms with van der Waals surface area (Å²) < 4.78 is 0. The second kappa shape index (κ2) is 4.91. The molecule has 0 atom stereocenters. The van der Waals surface area contributed by atoms with Gasteiger partial charge in [-0.3, -0.25) is 14.9 Å². The Kier molecular flexibility index (Phi) is 3.32. The second-order valence-corrected chi connectivity index (χ2v) is 6.86. The zero-order chi connectivity index (χ0) is 15.2. The number of imide groups is 2. The van der Waals surface area contributed by atoms with Crippen LogP contribution in [0.5, 0.6) is 0 Å². The average Bonchev–Trinajstić information content (AvgIpc) is 2.77. The molecule has 7 heteroatoms. The summed E-state index contributed by atoms with van der Waals surface area (Å²) >= 11 is 1.30. The molecular weight excluding hydrogens is 290 g/mol. The van der Waals surface area contributed by atoms with Crippen molar-refractivity contribution < 1.29 is 14.4 Å². The molecule has 1 aliphatic heterocycles. The third-order valence-electron chi connectivity index (χ3n) is 4.39. The molecule has 0 radical (unpaired) electrons. The number of hydrogen-bond donors (Lipinski definition) is 1. The van der Waals surface area contributed by atoms with Crippen molar-refractivity contribution in [1.82, 2.24) is 10.3 Å². The molecule has 1 saturated heterocycles. The fraction of sp³-hybridized carbons (Fsp3) is 0.571. The van der Waals surface area contributed by atoms with Crippen molar-refractivity contribution in [2.45, 2.75) is 46.0 Å². The van der Waals surface area contributed by atoms with Gasteiger partial charge in [0.05, 0.1) is 5.69 Å². The van der Waals surface area contributed by atoms with Crippen molar-refractivity contribution >= 4 is 34.3 Å². The van der Waals surface area contributed by atoms with Gasteiger partial charge in [0.2, 0.25) is 11.0 Å². The largest absolute Gasteiger partial charge is 0.337 e. The van der Waals surface area contributed by atoms with Gasteiger partial charge in [-0.1, -0.05) is 19.3 Å². The van der Waals surface area contributed by atoms with Gasteiger partial charge in [-0.05, 0) is 26.7 Å². The Balaban J connectivity index is 2.02. The number of carbonyl (C=O) groups is 3. The van der Waals surface area contributed by atoms with Gasteiger partial charge in [0, 0.05) is 4.88 Å². The summed E-state index contributed by atoms with van der Waals surface area (Å²) in [5.74, 6) is -0.858. The minimum absolute atomic E-state index is 0.352. The molecule has 2 fully saturated rings. The summed E-state index contributed by atoms with van der Waals surface area (Å²) in [5, 5.41) is 2.69. The molecule has 1 aromatic rings. The van der Waals surface area contributed by atoms with Gasteiger partial charge in [0.15, 0.2) is 0 Å². The van der Waals surface area contributed by atoms with Crippen molar-refractivity contribution in [3.8, 4) is 0 Å². The number of amides is 4. The molecule has 2 heterocycles. The average molecular weight is 307 g/mol. The molecule has 1 aromatic heterocycles. The molecule has 1 N–H and O–H groups in total. The first-order chi connectivity index (χ1) is 9.95. The lowest BCUT2D eigenvalue weighted by Crippen LogP contribution is -2.64. The van der Waals surface area contributed by atoms with Gasteiger partial charge in [-0.25, -0.2) is 14.7 Å². The van der Waals surface area contributed by atoms with Crippen LogP contribution in [0.4, 0.5) is 9.93 Å². The van der Waals surface area contributed by atoms with Crippen LogP contribution in [0, 0.1) is 19.3 Å². The van der Waals surface area contributed by atoms with Crippen LogP contribution in [-0.2, 0) is 9.59 Å². The number of aryl methyl sites for hydroxylation is 2. The lowest BCUT2D eigenvalue weighted by molar-refractivity contribution is -0.144. The van der Waals surface area contributed by atoms with Crippen LogP contribution >= 0.6 is 11.3 Å². The van der Waals surface area contributed by atoms with Crippen LogP contribution in [0.15, 0.2) is 0 Å². The van der Waals surface area contributed by atoms with Crippen LogP contribution in [0.2, 0.25) is 0 Å². The van der Waals surface area contributed by atoms with Crippen LogP contribution in [0.25, 0.3) is 0 Å². The summed E-state index contributed by atoms with van der Waals surface area (Å²) in [7, 11) is 0. The zero-order valence-corrected chi connectivity index (χ0v) is 12.9. The first kappa shape index (κ1) is 14.2. The smallest absolute Gasteiger partial charge is 0.276 e. The third-order valence-corrected chi connectivity index (χ3v) is 5.44. The number of barbiturate groups is 1. The Morgan fingerprint density at radius 1 is 1.14 bits per heavy atom. The van der Waals surface area contributed by atoms with E-state index in [1.54, 1.807) is 0 Å². The van der Waals surface area contributed by atoms with Crippen LogP contribution in [0.3, 0.4) is 0 Å². The van der Waals surface area contributed by atoms with Gasteiger partial charge >= 0.3 is 6.03 Å². The minimum Gasteiger partial charge on any atom is -0.276 e. The maximum atomic E-state index is 12.9. The lowest BCUT2D eigenvalue weighted by atomic mass is 9.71. The van der Waals surface area contributed by atoms with Crippen molar-refractivity contribution in [1.29, 1.82) is 0 Å². The monoisotopic (exact) mass is 307 g/mol. The third kappa shape index (κ3) is 2.07. The molecule has 0 unspecified atom stereocenters. The summed E-state index contributed by atoms with van der Waals surface area (Å²) in [4.78, 5) is 43.5. The molecule has 1 saturated carbocycles. The maximum absolute atomic E-state index is 12.9. The van der Waals surface area contributed by atoms with E-state index in [0.29, 0.717) is 18.0 Å². The van der Waals surface area contributed by atoms with Crippen LogP contribution in [-0.4, -0.2) is 22.8 Å². The second-order valence-electron chi connectivity index (χ2n) is 5.68. The molecule has 112 valence electrons. The topological polar surface area (TPSA) is 79.4 Å². The summed E-state index contributed by atoms with van der Waals surface area (Å²) in [5.41, 5.74) is -0.287. The highest BCUT2D eigenvalue weighted by Crippen LogP contribution is 2.42. The number of urea groups is 1. The van der Waals surface area contributed by atoms with Crippen molar-refractivity contribution in [2.24, 2.45) is 5.41 Å². The van der Waals surface area contributed by atoms with E-state index >= 15 is 0 Å². The van der Waals surface area contributed by atoms with Gasteiger partial charge < -0.3 is 0 Å². The number of thiazole rings is 1. The molecule has 2 aliphatic rings. The predicted octanol–water partition coefficient (Wildman–Crippen LogP) is 2.29. The van der Waals surface area contributed by atoms with Gasteiger partial charge in [-0.15, -0.1) is 11.3 Å². The first-order valence-corrected chi connectivity index (χ1v) is 7.91. The van der Waals surface area contributed by atoms with E-state index in [-0.39, 0.29) is 0 Å². The number of carbonyl (C=O) groups excluding carboxylic acids is 3. The van der Waals surface area contributed by atoms with E-state index in [0.717, 1.165) is 34.7 Å². The number of anilines is 1. The van der Waals surface area contributed by atoms with Crippen molar-refractivity contribution in [3.63, 3.8) is 0 Å². The summed E-state index contributed by atoms with van der Waals surface area (Å²) in [6.45, 7) is 3.73. The molecule has 6 nitrogen and oxygen atoms in total. The highest BCUT2D eigenvalue weighted by molar-refractivity contribution is 7.16. The van der Waals surface area contributed by atoms with Crippen LogP contribution in [0.1, 0.15) is 42.7 Å². The van der Waals surface area contributed by atoms with Crippen molar-refractivity contribution in [2.75, 3.05) is 4.90 Å². The molecule has 21 heavy (non-hydrogen) atoms. The van der Waals surface area contributed by atoms with Gasteiger partial charge in [0.1, 0.15) is 5.41 Å². The number of nitrogens with zero attached hydrogens (tertiary/aromatic N) is 2. The van der Waals surface area contributed by atoms with E-state index in [4.69, 9.17) is 0 Å². The zero-order valence-electron chi connectivity index (χ0n) is 12.1. The molecule has 4 amide bonds. The fourth-order valence-corrected chi connectivity index (χ4v) is 3.90. The molecule has 0 aromatic carbocycles. The Labute approximate surface area is 126 Å². The van der Waals surface area contributed by atoms with E-state index in [1.807, 2.05) is 13.8 Å². The summed E-state index contributed by atoms with van der Waals surface area (Å²) in [6, 6.07) is -0.685. The fourth-order valence-electron chi connectivity index (χ4n) is 3.00. The molecule has 1 aliphatic carbocycles. The van der Waals surface area contributed by atoms with E-state index < -0.39 is 23.3 Å². The molecule has 0 bridgehead atoms. The van der Waals surface area contributed by atoms with E-state index in [1.165, 1.54) is 11.3 Å². The molecule has 1 spiro atoms. The standard InChI is InChI=1S/C14H17N3O3S/c1-8-9(2)21-13(15-8)17-11(19)14(6-4-3-5-7-14)10(18)16-12(17)20/h3-7H2,1-2H3,(H,16,18,20). The maximum Gasteiger partial charge on any atom is 0.337 e. The van der Waals surface area contributed by atoms with Gasteiger partial charge in [0.25, 0.3) is 5.91 Å². The molecular formula is C14H17N3O3S. The van der Waals surface area contributed by atoms with E-state index in [9.17, 15) is 14.4 Å². The Morgan fingerprint density at radius 3 is 2.38 bits per heavy atom. The first-order valence-electron chi connectivity index (χ1n) is 7.10. The van der Waals surface area contributed by atoms with E-state index in [2.05, 4.69) is 10.3 Å². The molecule has 3 rings (SSSR count). The van der Waals surface area contributed by atoms with Gasteiger partial charge in [-0.2, -0.15) is 0 Å². The van der Waals surface area contributed by atoms with Crippen molar-refractivity contribution in [3.05, 3.63) is 10.6 Å². The predicted molar refractivity (Wildman–Crippen MR) is 78.1 cm³/mol. The number of hydrogen-bond acceptors (Lipinski definition) is 5. The normalized spacial score (nSPS) is 21.8. The lowest BCUT2D eigenvalue weighted by Gasteiger charge is -2.40.